The number of hydrogen-bond donors (Lipinski definition) is 0. The Morgan fingerprint density at radius 2 is 1.89 bits per heavy atom. The van der Waals surface area contributed by atoms with Crippen LogP contribution in [0.15, 0.2) is 34.4 Å². The maximum absolute atomic E-state index is 9.66. The van der Waals surface area contributed by atoms with Crippen molar-refractivity contribution in [1.29, 1.82) is 5.26 Å². The van der Waals surface area contributed by atoms with Crippen LogP contribution in [0.1, 0.15) is 30.7 Å². The van der Waals surface area contributed by atoms with Gasteiger partial charge in [-0.1, -0.05) is 26.0 Å². The summed E-state index contributed by atoms with van der Waals surface area (Å²) in [6, 6.07) is 9.93. The maximum atomic E-state index is 9.66. The fourth-order valence-electron chi connectivity index (χ4n) is 2.90. The zero-order valence-electron chi connectivity index (χ0n) is 15.7. The molecule has 0 radical (unpaired) electrons. The molecular weight excluding hydrogens is 360 g/mol. The number of benzene rings is 1. The Morgan fingerprint density at radius 1 is 1.11 bits per heavy atom. The third-order valence-corrected chi connectivity index (χ3v) is 5.31. The van der Waals surface area contributed by atoms with Crippen molar-refractivity contribution in [3.8, 4) is 23.2 Å². The van der Waals surface area contributed by atoms with Crippen LogP contribution < -0.4 is 4.74 Å². The summed E-state index contributed by atoms with van der Waals surface area (Å²) in [5.41, 5.74) is 3.23. The first kappa shape index (κ1) is 18.9. The van der Waals surface area contributed by atoms with Crippen molar-refractivity contribution in [3.63, 3.8) is 0 Å². The smallest absolute Gasteiger partial charge is 0.197 e. The summed E-state index contributed by atoms with van der Waals surface area (Å²) in [5, 5.41) is 28.0. The van der Waals surface area contributed by atoms with Gasteiger partial charge in [-0.25, -0.2) is 0 Å². The second kappa shape index (κ2) is 8.18. The summed E-state index contributed by atoms with van der Waals surface area (Å²) in [4.78, 5) is 0. The van der Waals surface area contributed by atoms with E-state index >= 15 is 0 Å². The van der Waals surface area contributed by atoms with Crippen LogP contribution in [0.4, 0.5) is 0 Å². The van der Waals surface area contributed by atoms with Gasteiger partial charge in [0.1, 0.15) is 16.8 Å². The lowest BCUT2D eigenvalue weighted by Crippen LogP contribution is -2.05. The number of para-hydroxylation sites is 1. The summed E-state index contributed by atoms with van der Waals surface area (Å²) in [5.74, 6) is 1.41. The molecule has 0 unspecified atom stereocenters. The van der Waals surface area contributed by atoms with E-state index in [0.717, 1.165) is 35.4 Å². The summed E-state index contributed by atoms with van der Waals surface area (Å²) >= 11 is 1.30. The van der Waals surface area contributed by atoms with E-state index < -0.39 is 0 Å². The molecular formula is C19H20N6OS. The van der Waals surface area contributed by atoms with Gasteiger partial charge >= 0.3 is 0 Å². The van der Waals surface area contributed by atoms with Crippen molar-refractivity contribution < 1.29 is 4.74 Å². The SMILES string of the molecule is CCc1nnc(Sc2nnc(-c3ccccc3OC)n2C)c(C#N)c1CC. The number of nitrogens with zero attached hydrogens (tertiary/aromatic N) is 6. The summed E-state index contributed by atoms with van der Waals surface area (Å²) in [6.07, 6.45) is 1.48. The van der Waals surface area contributed by atoms with E-state index in [0.29, 0.717) is 21.6 Å². The Bertz CT molecular complexity index is 1010. The zero-order valence-corrected chi connectivity index (χ0v) is 16.5. The molecule has 0 aliphatic rings. The molecule has 0 atom stereocenters. The van der Waals surface area contributed by atoms with Crippen LogP contribution in [0.5, 0.6) is 5.75 Å². The molecule has 2 heterocycles. The minimum Gasteiger partial charge on any atom is -0.496 e. The Balaban J connectivity index is 2.02. The lowest BCUT2D eigenvalue weighted by molar-refractivity contribution is 0.416. The van der Waals surface area contributed by atoms with E-state index in [1.54, 1.807) is 7.11 Å². The van der Waals surface area contributed by atoms with E-state index in [-0.39, 0.29) is 0 Å². The number of rotatable bonds is 6. The van der Waals surface area contributed by atoms with E-state index in [4.69, 9.17) is 4.74 Å². The quantitative estimate of drug-likeness (QED) is 0.647. The first-order chi connectivity index (χ1) is 13.1. The highest BCUT2D eigenvalue weighted by atomic mass is 32.2. The average molecular weight is 380 g/mol. The van der Waals surface area contributed by atoms with Crippen molar-refractivity contribution in [2.75, 3.05) is 7.11 Å². The molecule has 27 heavy (non-hydrogen) atoms. The highest BCUT2D eigenvalue weighted by Gasteiger charge is 2.20. The van der Waals surface area contributed by atoms with Crippen LogP contribution in [0.3, 0.4) is 0 Å². The summed E-state index contributed by atoms with van der Waals surface area (Å²) in [6.45, 7) is 4.03. The molecule has 0 saturated heterocycles. The molecule has 7 nitrogen and oxygen atoms in total. The van der Waals surface area contributed by atoms with Gasteiger partial charge in [-0.3, -0.25) is 0 Å². The van der Waals surface area contributed by atoms with E-state index in [1.165, 1.54) is 11.8 Å². The van der Waals surface area contributed by atoms with Crippen LogP contribution in [0.2, 0.25) is 0 Å². The van der Waals surface area contributed by atoms with E-state index in [2.05, 4.69) is 26.5 Å². The largest absolute Gasteiger partial charge is 0.496 e. The van der Waals surface area contributed by atoms with Gasteiger partial charge in [0.25, 0.3) is 0 Å². The number of nitriles is 1. The molecule has 2 aromatic heterocycles. The van der Waals surface area contributed by atoms with Crippen molar-refractivity contribution in [1.82, 2.24) is 25.0 Å². The van der Waals surface area contributed by atoms with Crippen LogP contribution in [0.25, 0.3) is 11.4 Å². The third kappa shape index (κ3) is 3.51. The Morgan fingerprint density at radius 3 is 2.56 bits per heavy atom. The Kier molecular flexibility index (Phi) is 5.72. The standard InChI is InChI=1S/C19H20N6OS/c1-5-12-14(11-20)18(23-21-15(12)6-2)27-19-24-22-17(25(19)3)13-9-7-8-10-16(13)26-4/h7-10H,5-6H2,1-4H3. The first-order valence-electron chi connectivity index (χ1n) is 8.63. The third-order valence-electron chi connectivity index (χ3n) is 4.30. The molecule has 3 aromatic rings. The lowest BCUT2D eigenvalue weighted by Gasteiger charge is -2.10. The minimum atomic E-state index is 0.550. The van der Waals surface area contributed by atoms with Gasteiger partial charge in [-0.2, -0.15) is 10.4 Å². The van der Waals surface area contributed by atoms with Gasteiger partial charge in [0.2, 0.25) is 0 Å². The average Bonchev–Trinajstić information content (AvgIpc) is 3.07. The second-order valence-corrected chi connectivity index (χ2v) is 6.75. The van der Waals surface area contributed by atoms with E-state index in [1.807, 2.05) is 49.7 Å². The molecule has 0 aliphatic heterocycles. The fraction of sp³-hybridized carbons (Fsp3) is 0.316. The normalized spacial score (nSPS) is 10.6. The molecule has 0 saturated carbocycles. The van der Waals surface area contributed by atoms with Crippen molar-refractivity contribution in [2.24, 2.45) is 7.05 Å². The van der Waals surface area contributed by atoms with Gasteiger partial charge in [0.05, 0.1) is 23.9 Å². The fourth-order valence-corrected chi connectivity index (χ4v) is 3.73. The number of hydrogen-bond acceptors (Lipinski definition) is 7. The molecule has 0 N–H and O–H groups in total. The van der Waals surface area contributed by atoms with Gasteiger partial charge in [0.15, 0.2) is 11.0 Å². The van der Waals surface area contributed by atoms with Crippen LogP contribution >= 0.6 is 11.8 Å². The van der Waals surface area contributed by atoms with Crippen molar-refractivity contribution in [3.05, 3.63) is 41.1 Å². The van der Waals surface area contributed by atoms with Crippen molar-refractivity contribution >= 4 is 11.8 Å². The lowest BCUT2D eigenvalue weighted by atomic mass is 10.1. The van der Waals surface area contributed by atoms with Crippen molar-refractivity contribution in [2.45, 2.75) is 36.9 Å². The highest BCUT2D eigenvalue weighted by molar-refractivity contribution is 7.99. The van der Waals surface area contributed by atoms with E-state index in [9.17, 15) is 5.26 Å². The van der Waals surface area contributed by atoms with Crippen LogP contribution in [-0.2, 0) is 19.9 Å². The predicted octanol–water partition coefficient (Wildman–Crippen LogP) is 3.43. The molecule has 3 rings (SSSR count). The monoisotopic (exact) mass is 380 g/mol. The second-order valence-electron chi connectivity index (χ2n) is 5.79. The molecule has 8 heteroatoms. The highest BCUT2D eigenvalue weighted by Crippen LogP contribution is 2.33. The van der Waals surface area contributed by atoms with Gasteiger partial charge in [0, 0.05) is 7.05 Å². The summed E-state index contributed by atoms with van der Waals surface area (Å²) < 4.78 is 7.29. The molecule has 0 aliphatic carbocycles. The Labute approximate surface area is 162 Å². The number of aromatic nitrogens is 5. The molecule has 0 bridgehead atoms. The molecule has 0 amide bonds. The minimum absolute atomic E-state index is 0.550. The van der Waals surface area contributed by atoms with Crippen LogP contribution in [-0.4, -0.2) is 32.1 Å². The number of aryl methyl sites for hydroxylation is 1. The molecule has 0 fully saturated rings. The summed E-state index contributed by atoms with van der Waals surface area (Å²) in [7, 11) is 3.51. The maximum Gasteiger partial charge on any atom is 0.197 e. The molecule has 0 spiro atoms. The van der Waals surface area contributed by atoms with Gasteiger partial charge in [-0.05, 0) is 42.3 Å². The Hall–Kier alpha value is -2.92. The topological polar surface area (TPSA) is 89.5 Å². The number of methoxy groups -OCH3 is 1. The zero-order chi connectivity index (χ0) is 19.4. The molecule has 1 aromatic carbocycles. The number of ether oxygens (including phenoxy) is 1. The molecule has 138 valence electrons. The first-order valence-corrected chi connectivity index (χ1v) is 9.45. The van der Waals surface area contributed by atoms with Gasteiger partial charge < -0.3 is 9.30 Å². The van der Waals surface area contributed by atoms with Gasteiger partial charge in [-0.15, -0.1) is 15.3 Å². The predicted molar refractivity (Wildman–Crippen MR) is 103 cm³/mol. The van der Waals surface area contributed by atoms with Crippen LogP contribution in [0, 0.1) is 11.3 Å².